The normalized spacial score (nSPS) is 10.9. The minimum Gasteiger partial charge on any atom is -0.468 e. The molecule has 2 N–H and O–H groups in total. The zero-order valence-electron chi connectivity index (χ0n) is 14.7. The van der Waals surface area contributed by atoms with Gasteiger partial charge in [0.25, 0.3) is 15.9 Å². The number of carbonyl (C=O) groups is 2. The maximum Gasteiger partial charge on any atom is 0.325 e. The predicted octanol–water partition coefficient (Wildman–Crippen LogP) is 2.01. The van der Waals surface area contributed by atoms with Crippen LogP contribution in [0.2, 0.25) is 0 Å². The fourth-order valence-electron chi connectivity index (χ4n) is 2.11. The highest BCUT2D eigenvalue weighted by molar-refractivity contribution is 7.92. The molecule has 0 aliphatic rings. The standard InChI is InChI=1S/C18H20N2O5S/c1-12-4-9-16(10-13(12)2)26(23,24)20-15-7-5-14(6-8-15)18(22)19-11-17(21)25-3/h4-10,20H,11H2,1-3H3,(H,19,22). The van der Waals surface area contributed by atoms with Crippen LogP contribution in [-0.2, 0) is 19.6 Å². The van der Waals surface area contributed by atoms with Crippen LogP contribution < -0.4 is 10.0 Å². The Balaban J connectivity index is 2.09. The average molecular weight is 376 g/mol. The van der Waals surface area contributed by atoms with Crippen LogP contribution in [0.4, 0.5) is 5.69 Å². The third-order valence-corrected chi connectivity index (χ3v) is 5.19. The number of esters is 1. The summed E-state index contributed by atoms with van der Waals surface area (Å²) < 4.78 is 31.8. The predicted molar refractivity (Wildman–Crippen MR) is 97.5 cm³/mol. The number of carbonyl (C=O) groups excluding carboxylic acids is 2. The van der Waals surface area contributed by atoms with Gasteiger partial charge in [-0.25, -0.2) is 8.42 Å². The Hall–Kier alpha value is -2.87. The fourth-order valence-corrected chi connectivity index (χ4v) is 3.25. The summed E-state index contributed by atoms with van der Waals surface area (Å²) in [5.41, 5.74) is 2.51. The second-order valence-electron chi connectivity index (χ2n) is 5.69. The summed E-state index contributed by atoms with van der Waals surface area (Å²) >= 11 is 0. The van der Waals surface area contributed by atoms with Crippen molar-refractivity contribution in [3.05, 3.63) is 59.2 Å². The lowest BCUT2D eigenvalue weighted by Crippen LogP contribution is -2.30. The van der Waals surface area contributed by atoms with Gasteiger partial charge in [0.2, 0.25) is 0 Å². The zero-order chi connectivity index (χ0) is 19.3. The first kappa shape index (κ1) is 19.5. The molecule has 2 aromatic carbocycles. The van der Waals surface area contributed by atoms with Crippen molar-refractivity contribution in [2.75, 3.05) is 18.4 Å². The van der Waals surface area contributed by atoms with Crippen molar-refractivity contribution in [2.24, 2.45) is 0 Å². The molecule has 0 atom stereocenters. The number of amides is 1. The molecule has 0 saturated heterocycles. The van der Waals surface area contributed by atoms with E-state index in [4.69, 9.17) is 0 Å². The minimum atomic E-state index is -3.72. The van der Waals surface area contributed by atoms with Gasteiger partial charge in [-0.2, -0.15) is 0 Å². The molecule has 26 heavy (non-hydrogen) atoms. The molecule has 1 amide bonds. The van der Waals surface area contributed by atoms with E-state index >= 15 is 0 Å². The molecule has 0 aliphatic heterocycles. The highest BCUT2D eigenvalue weighted by Crippen LogP contribution is 2.19. The lowest BCUT2D eigenvalue weighted by atomic mass is 10.1. The highest BCUT2D eigenvalue weighted by Gasteiger charge is 2.15. The molecule has 8 heteroatoms. The number of anilines is 1. The zero-order valence-corrected chi connectivity index (χ0v) is 15.5. The first-order chi connectivity index (χ1) is 12.2. The maximum atomic E-state index is 12.5. The molecule has 0 saturated carbocycles. The van der Waals surface area contributed by atoms with E-state index in [1.807, 2.05) is 13.8 Å². The molecule has 0 aliphatic carbocycles. The van der Waals surface area contributed by atoms with E-state index in [1.165, 1.54) is 31.4 Å². The Morgan fingerprint density at radius 3 is 2.23 bits per heavy atom. The van der Waals surface area contributed by atoms with Gasteiger partial charge in [0, 0.05) is 11.3 Å². The topological polar surface area (TPSA) is 102 Å². The fraction of sp³-hybridized carbons (Fsp3) is 0.222. The van der Waals surface area contributed by atoms with E-state index in [2.05, 4.69) is 14.8 Å². The van der Waals surface area contributed by atoms with Gasteiger partial charge in [-0.3, -0.25) is 14.3 Å². The van der Waals surface area contributed by atoms with Crippen molar-refractivity contribution >= 4 is 27.6 Å². The summed E-state index contributed by atoms with van der Waals surface area (Å²) in [4.78, 5) is 23.1. The monoisotopic (exact) mass is 376 g/mol. The van der Waals surface area contributed by atoms with E-state index in [9.17, 15) is 18.0 Å². The Labute approximate surface area is 152 Å². The number of benzene rings is 2. The van der Waals surface area contributed by atoms with Crippen molar-refractivity contribution < 1.29 is 22.7 Å². The first-order valence-corrected chi connectivity index (χ1v) is 9.26. The van der Waals surface area contributed by atoms with Crippen LogP contribution in [0.5, 0.6) is 0 Å². The number of nitrogens with one attached hydrogen (secondary N) is 2. The van der Waals surface area contributed by atoms with Crippen molar-refractivity contribution in [2.45, 2.75) is 18.7 Å². The molecule has 0 fully saturated rings. The average Bonchev–Trinajstić information content (AvgIpc) is 2.61. The molecular weight excluding hydrogens is 356 g/mol. The van der Waals surface area contributed by atoms with Crippen molar-refractivity contribution in [1.82, 2.24) is 5.32 Å². The summed E-state index contributed by atoms with van der Waals surface area (Å²) in [6, 6.07) is 10.8. The van der Waals surface area contributed by atoms with Gasteiger partial charge in [0.15, 0.2) is 0 Å². The van der Waals surface area contributed by atoms with Crippen LogP contribution in [0, 0.1) is 13.8 Å². The quantitative estimate of drug-likeness (QED) is 0.751. The molecule has 0 bridgehead atoms. The summed E-state index contributed by atoms with van der Waals surface area (Å²) in [6.07, 6.45) is 0. The second-order valence-corrected chi connectivity index (χ2v) is 7.37. The van der Waals surface area contributed by atoms with E-state index in [0.29, 0.717) is 11.3 Å². The van der Waals surface area contributed by atoms with Crippen LogP contribution in [0.15, 0.2) is 47.4 Å². The van der Waals surface area contributed by atoms with Gasteiger partial charge in [0.1, 0.15) is 6.54 Å². The van der Waals surface area contributed by atoms with Crippen LogP contribution in [0.1, 0.15) is 21.5 Å². The van der Waals surface area contributed by atoms with Gasteiger partial charge in [-0.1, -0.05) is 6.07 Å². The van der Waals surface area contributed by atoms with Crippen LogP contribution >= 0.6 is 0 Å². The number of ether oxygens (including phenoxy) is 1. The van der Waals surface area contributed by atoms with E-state index in [0.717, 1.165) is 11.1 Å². The first-order valence-electron chi connectivity index (χ1n) is 7.78. The van der Waals surface area contributed by atoms with E-state index in [-0.39, 0.29) is 11.4 Å². The van der Waals surface area contributed by atoms with Crippen LogP contribution in [0.3, 0.4) is 0 Å². The Morgan fingerprint density at radius 2 is 1.65 bits per heavy atom. The number of methoxy groups -OCH3 is 1. The van der Waals surface area contributed by atoms with Crippen molar-refractivity contribution in [3.8, 4) is 0 Å². The number of hydrogen-bond donors (Lipinski definition) is 2. The molecule has 7 nitrogen and oxygen atoms in total. The molecule has 0 heterocycles. The third kappa shape index (κ3) is 4.82. The largest absolute Gasteiger partial charge is 0.468 e. The Kier molecular flexibility index (Phi) is 5.99. The molecule has 0 aromatic heterocycles. The molecule has 2 aromatic rings. The summed E-state index contributed by atoms with van der Waals surface area (Å²) in [5, 5.41) is 2.40. The Bertz CT molecular complexity index is 921. The number of sulfonamides is 1. The smallest absolute Gasteiger partial charge is 0.325 e. The molecule has 0 spiro atoms. The molecular formula is C18H20N2O5S. The van der Waals surface area contributed by atoms with Gasteiger partial charge < -0.3 is 10.1 Å². The lowest BCUT2D eigenvalue weighted by Gasteiger charge is -2.10. The summed E-state index contributed by atoms with van der Waals surface area (Å²) in [7, 11) is -2.50. The van der Waals surface area contributed by atoms with Crippen LogP contribution in [-0.4, -0.2) is 33.9 Å². The molecule has 0 radical (unpaired) electrons. The Morgan fingerprint density at radius 1 is 1.00 bits per heavy atom. The third-order valence-electron chi connectivity index (χ3n) is 3.81. The highest BCUT2D eigenvalue weighted by atomic mass is 32.2. The lowest BCUT2D eigenvalue weighted by molar-refractivity contribution is -0.139. The van der Waals surface area contributed by atoms with E-state index < -0.39 is 21.9 Å². The summed E-state index contributed by atoms with van der Waals surface area (Å²) in [5.74, 6) is -1.02. The molecule has 0 unspecified atom stereocenters. The van der Waals surface area contributed by atoms with Gasteiger partial charge >= 0.3 is 5.97 Å². The van der Waals surface area contributed by atoms with Crippen molar-refractivity contribution in [1.29, 1.82) is 0 Å². The second kappa shape index (κ2) is 8.01. The SMILES string of the molecule is COC(=O)CNC(=O)c1ccc(NS(=O)(=O)c2ccc(C)c(C)c2)cc1. The number of rotatable bonds is 6. The maximum absolute atomic E-state index is 12.5. The van der Waals surface area contributed by atoms with E-state index in [1.54, 1.807) is 18.2 Å². The molecule has 2 rings (SSSR count). The van der Waals surface area contributed by atoms with Crippen molar-refractivity contribution in [3.63, 3.8) is 0 Å². The molecule has 138 valence electrons. The van der Waals surface area contributed by atoms with Gasteiger partial charge in [-0.05, 0) is 61.4 Å². The van der Waals surface area contributed by atoms with Gasteiger partial charge in [0.05, 0.1) is 12.0 Å². The number of aryl methyl sites for hydroxylation is 2. The minimum absolute atomic E-state index is 0.167. The van der Waals surface area contributed by atoms with Gasteiger partial charge in [-0.15, -0.1) is 0 Å². The van der Waals surface area contributed by atoms with Crippen LogP contribution in [0.25, 0.3) is 0 Å². The number of hydrogen-bond acceptors (Lipinski definition) is 5. The summed E-state index contributed by atoms with van der Waals surface area (Å²) in [6.45, 7) is 3.51.